The number of aromatic hydroxyl groups is 1. The number of carbonyl (C=O) groups is 2. The van der Waals surface area contributed by atoms with Crippen molar-refractivity contribution in [2.24, 2.45) is 5.92 Å². The first-order valence-corrected chi connectivity index (χ1v) is 10.3. The highest BCUT2D eigenvalue weighted by atomic mass is 16.3. The van der Waals surface area contributed by atoms with Gasteiger partial charge in [0.2, 0.25) is 5.91 Å². The van der Waals surface area contributed by atoms with E-state index in [-0.39, 0.29) is 17.6 Å². The van der Waals surface area contributed by atoms with Crippen molar-refractivity contribution in [1.82, 2.24) is 10.2 Å². The Morgan fingerprint density at radius 2 is 1.66 bits per heavy atom. The number of nitrogens with zero attached hydrogens (tertiary/aromatic N) is 2. The van der Waals surface area contributed by atoms with Crippen molar-refractivity contribution in [3.05, 3.63) is 59.7 Å². The molecule has 1 aliphatic heterocycles. The number of para-hydroxylation sites is 1. The van der Waals surface area contributed by atoms with Crippen LogP contribution in [0.2, 0.25) is 0 Å². The number of phenols is 1. The van der Waals surface area contributed by atoms with Crippen LogP contribution in [0.3, 0.4) is 0 Å². The first-order valence-electron chi connectivity index (χ1n) is 10.3. The van der Waals surface area contributed by atoms with Gasteiger partial charge in [-0.3, -0.25) is 9.59 Å². The molecular formula is C23H27N3O3. The van der Waals surface area contributed by atoms with Crippen molar-refractivity contribution in [1.29, 1.82) is 0 Å². The lowest BCUT2D eigenvalue weighted by Gasteiger charge is -2.36. The first kappa shape index (κ1) is 19.3. The van der Waals surface area contributed by atoms with Crippen LogP contribution < -0.4 is 10.2 Å². The van der Waals surface area contributed by atoms with Gasteiger partial charge in [0, 0.05) is 49.9 Å². The third-order valence-corrected chi connectivity index (χ3v) is 5.68. The standard InChI is InChI=1S/C23H27N3O3/c27-21-4-2-1-3-17(21)11-12-24-22(28)18-7-9-20(10-8-18)25-13-15-26(16-14-25)23(29)19-5-6-19/h1-4,7-10,19,27H,5-6,11-16H2,(H,24,28). The van der Waals surface area contributed by atoms with E-state index in [4.69, 9.17) is 0 Å². The lowest BCUT2D eigenvalue weighted by atomic mass is 10.1. The molecular weight excluding hydrogens is 366 g/mol. The zero-order valence-corrected chi connectivity index (χ0v) is 16.5. The monoisotopic (exact) mass is 393 g/mol. The van der Waals surface area contributed by atoms with Gasteiger partial charge in [0.15, 0.2) is 0 Å². The molecule has 2 N–H and O–H groups in total. The van der Waals surface area contributed by atoms with Gasteiger partial charge < -0.3 is 20.2 Å². The Bertz CT molecular complexity index is 869. The van der Waals surface area contributed by atoms with Gasteiger partial charge in [-0.2, -0.15) is 0 Å². The maximum absolute atomic E-state index is 12.4. The molecule has 2 aliphatic rings. The van der Waals surface area contributed by atoms with E-state index < -0.39 is 0 Å². The molecule has 6 heteroatoms. The predicted molar refractivity (Wildman–Crippen MR) is 112 cm³/mol. The minimum absolute atomic E-state index is 0.119. The molecule has 2 aromatic carbocycles. The maximum atomic E-state index is 12.4. The SMILES string of the molecule is O=C(NCCc1ccccc1O)c1ccc(N2CCN(C(=O)C3CC3)CC2)cc1. The Balaban J connectivity index is 1.26. The molecule has 0 spiro atoms. The number of piperazine rings is 1. The van der Waals surface area contributed by atoms with E-state index in [0.29, 0.717) is 24.4 Å². The third kappa shape index (κ3) is 4.70. The van der Waals surface area contributed by atoms with Crippen LogP contribution in [-0.4, -0.2) is 54.5 Å². The predicted octanol–water partition coefficient (Wildman–Crippen LogP) is 2.42. The highest BCUT2D eigenvalue weighted by molar-refractivity contribution is 5.94. The van der Waals surface area contributed by atoms with Gasteiger partial charge in [-0.25, -0.2) is 0 Å². The lowest BCUT2D eigenvalue weighted by molar-refractivity contribution is -0.132. The molecule has 0 atom stereocenters. The minimum atomic E-state index is -0.119. The average Bonchev–Trinajstić information content (AvgIpc) is 3.60. The van der Waals surface area contributed by atoms with Crippen LogP contribution in [0.15, 0.2) is 48.5 Å². The summed E-state index contributed by atoms with van der Waals surface area (Å²) in [5, 5.41) is 12.7. The summed E-state index contributed by atoms with van der Waals surface area (Å²) < 4.78 is 0. The first-order chi connectivity index (χ1) is 14.1. The summed E-state index contributed by atoms with van der Waals surface area (Å²) in [6, 6.07) is 14.8. The molecule has 1 heterocycles. The molecule has 0 aromatic heterocycles. The van der Waals surface area contributed by atoms with E-state index in [0.717, 1.165) is 50.3 Å². The van der Waals surface area contributed by atoms with E-state index in [2.05, 4.69) is 10.2 Å². The number of carbonyl (C=O) groups excluding carboxylic acids is 2. The Hall–Kier alpha value is -3.02. The van der Waals surface area contributed by atoms with Crippen molar-refractivity contribution in [3.63, 3.8) is 0 Å². The van der Waals surface area contributed by atoms with Gasteiger partial charge >= 0.3 is 0 Å². The molecule has 4 rings (SSSR count). The highest BCUT2D eigenvalue weighted by Gasteiger charge is 2.34. The van der Waals surface area contributed by atoms with Crippen LogP contribution in [0.25, 0.3) is 0 Å². The van der Waals surface area contributed by atoms with Crippen LogP contribution in [0.1, 0.15) is 28.8 Å². The topological polar surface area (TPSA) is 72.9 Å². The minimum Gasteiger partial charge on any atom is -0.508 e. The third-order valence-electron chi connectivity index (χ3n) is 5.68. The lowest BCUT2D eigenvalue weighted by Crippen LogP contribution is -2.49. The second-order valence-corrected chi connectivity index (χ2v) is 7.77. The highest BCUT2D eigenvalue weighted by Crippen LogP contribution is 2.31. The number of amides is 2. The number of rotatable bonds is 6. The number of benzene rings is 2. The molecule has 1 saturated heterocycles. The smallest absolute Gasteiger partial charge is 0.251 e. The van der Waals surface area contributed by atoms with E-state index in [1.807, 2.05) is 41.3 Å². The van der Waals surface area contributed by atoms with Crippen LogP contribution in [0, 0.1) is 5.92 Å². The fourth-order valence-corrected chi connectivity index (χ4v) is 3.73. The molecule has 2 amide bonds. The van der Waals surface area contributed by atoms with E-state index in [9.17, 15) is 14.7 Å². The van der Waals surface area contributed by atoms with E-state index >= 15 is 0 Å². The molecule has 2 aromatic rings. The van der Waals surface area contributed by atoms with E-state index in [1.54, 1.807) is 12.1 Å². The van der Waals surface area contributed by atoms with Crippen molar-refractivity contribution >= 4 is 17.5 Å². The second kappa shape index (κ2) is 8.55. The average molecular weight is 393 g/mol. The van der Waals surface area contributed by atoms with Gasteiger partial charge in [0.1, 0.15) is 5.75 Å². The Labute approximate surface area is 171 Å². The molecule has 0 bridgehead atoms. The molecule has 29 heavy (non-hydrogen) atoms. The fraction of sp³-hybridized carbons (Fsp3) is 0.391. The van der Waals surface area contributed by atoms with Gasteiger partial charge in [0.05, 0.1) is 0 Å². The van der Waals surface area contributed by atoms with Crippen molar-refractivity contribution in [2.75, 3.05) is 37.6 Å². The van der Waals surface area contributed by atoms with E-state index in [1.165, 1.54) is 0 Å². The van der Waals surface area contributed by atoms with Gasteiger partial charge in [-0.1, -0.05) is 18.2 Å². The van der Waals surface area contributed by atoms with Crippen LogP contribution in [-0.2, 0) is 11.2 Å². The van der Waals surface area contributed by atoms with Crippen LogP contribution >= 0.6 is 0 Å². The number of nitrogens with one attached hydrogen (secondary N) is 1. The largest absolute Gasteiger partial charge is 0.508 e. The second-order valence-electron chi connectivity index (χ2n) is 7.77. The zero-order valence-electron chi connectivity index (χ0n) is 16.5. The fourth-order valence-electron chi connectivity index (χ4n) is 3.73. The number of anilines is 1. The van der Waals surface area contributed by atoms with Gasteiger partial charge in [-0.05, 0) is 55.2 Å². The normalized spacial score (nSPS) is 16.6. The summed E-state index contributed by atoms with van der Waals surface area (Å²) in [5.74, 6) is 0.738. The maximum Gasteiger partial charge on any atom is 0.251 e. The zero-order chi connectivity index (χ0) is 20.2. The number of hydrogen-bond donors (Lipinski definition) is 2. The van der Waals surface area contributed by atoms with Crippen molar-refractivity contribution < 1.29 is 14.7 Å². The van der Waals surface area contributed by atoms with Gasteiger partial charge in [-0.15, -0.1) is 0 Å². The van der Waals surface area contributed by atoms with Crippen LogP contribution in [0.5, 0.6) is 5.75 Å². The molecule has 2 fully saturated rings. The summed E-state index contributed by atoms with van der Waals surface area (Å²) >= 11 is 0. The molecule has 1 saturated carbocycles. The summed E-state index contributed by atoms with van der Waals surface area (Å²) in [7, 11) is 0. The van der Waals surface area contributed by atoms with Gasteiger partial charge in [0.25, 0.3) is 5.91 Å². The summed E-state index contributed by atoms with van der Waals surface area (Å²) in [6.45, 7) is 3.65. The van der Waals surface area contributed by atoms with Crippen molar-refractivity contribution in [2.45, 2.75) is 19.3 Å². The van der Waals surface area contributed by atoms with Crippen molar-refractivity contribution in [3.8, 4) is 5.75 Å². The number of hydrogen-bond acceptors (Lipinski definition) is 4. The Kier molecular flexibility index (Phi) is 5.69. The number of phenolic OH excluding ortho intramolecular Hbond substituents is 1. The van der Waals surface area contributed by atoms with Crippen LogP contribution in [0.4, 0.5) is 5.69 Å². The molecule has 1 aliphatic carbocycles. The molecule has 0 unspecified atom stereocenters. The quantitative estimate of drug-likeness (QED) is 0.791. The molecule has 0 radical (unpaired) electrons. The summed E-state index contributed by atoms with van der Waals surface area (Å²) in [4.78, 5) is 28.8. The Morgan fingerprint density at radius 3 is 2.31 bits per heavy atom. The summed E-state index contributed by atoms with van der Waals surface area (Å²) in [6.07, 6.45) is 2.69. The molecule has 6 nitrogen and oxygen atoms in total. The molecule has 152 valence electrons. The summed E-state index contributed by atoms with van der Waals surface area (Å²) in [5.41, 5.74) is 2.52. The Morgan fingerprint density at radius 1 is 0.966 bits per heavy atom.